The molecule has 20 heavy (non-hydrogen) atoms. The van der Waals surface area contributed by atoms with E-state index in [0.717, 1.165) is 44.4 Å². The Morgan fingerprint density at radius 1 is 1.30 bits per heavy atom. The molecule has 2 N–H and O–H groups in total. The predicted octanol–water partition coefficient (Wildman–Crippen LogP) is 1.75. The van der Waals surface area contributed by atoms with Crippen molar-refractivity contribution in [1.82, 2.24) is 10.6 Å². The lowest BCUT2D eigenvalue weighted by molar-refractivity contribution is -0.122. The highest BCUT2D eigenvalue weighted by Crippen LogP contribution is 2.23. The molecule has 6 heteroatoms. The molecule has 1 amide bonds. The summed E-state index contributed by atoms with van der Waals surface area (Å²) in [5.41, 5.74) is 0. The molecule has 0 spiro atoms. The number of nitrogens with one attached hydrogen (secondary N) is 2. The van der Waals surface area contributed by atoms with E-state index in [2.05, 4.69) is 10.6 Å². The van der Waals surface area contributed by atoms with Gasteiger partial charge in [-0.05, 0) is 38.6 Å². The molecule has 0 aromatic carbocycles. The molecular formula is C14H27ClN2O2S. The number of amides is 1. The van der Waals surface area contributed by atoms with Gasteiger partial charge in [0.1, 0.15) is 0 Å². The van der Waals surface area contributed by atoms with E-state index in [4.69, 9.17) is 0 Å². The third-order valence-corrected chi connectivity index (χ3v) is 5.98. The van der Waals surface area contributed by atoms with Gasteiger partial charge in [0.25, 0.3) is 0 Å². The Hall–Kier alpha value is -0.130. The van der Waals surface area contributed by atoms with Gasteiger partial charge >= 0.3 is 0 Å². The fourth-order valence-electron chi connectivity index (χ4n) is 3.19. The molecule has 0 aromatic heterocycles. The fourth-order valence-corrected chi connectivity index (χ4v) is 4.54. The molecule has 4 nitrogen and oxygen atoms in total. The van der Waals surface area contributed by atoms with E-state index < -0.39 is 10.8 Å². The third kappa shape index (κ3) is 5.34. The van der Waals surface area contributed by atoms with Crippen molar-refractivity contribution in [2.45, 2.75) is 69.2 Å². The van der Waals surface area contributed by atoms with Crippen molar-refractivity contribution < 1.29 is 9.00 Å². The Kier molecular flexibility index (Phi) is 8.07. The molecule has 1 heterocycles. The van der Waals surface area contributed by atoms with Crippen LogP contribution >= 0.6 is 12.4 Å². The highest BCUT2D eigenvalue weighted by atomic mass is 35.5. The van der Waals surface area contributed by atoms with Crippen LogP contribution in [0, 0.1) is 0 Å². The SMILES string of the molecule is CCS(=O)C1CCCC(NC(=O)CC2CCCN2)C1.Cl. The first-order valence-electron chi connectivity index (χ1n) is 7.59. The van der Waals surface area contributed by atoms with Gasteiger partial charge in [-0.15, -0.1) is 12.4 Å². The van der Waals surface area contributed by atoms with Crippen LogP contribution in [0.3, 0.4) is 0 Å². The minimum Gasteiger partial charge on any atom is -0.353 e. The van der Waals surface area contributed by atoms with E-state index in [1.807, 2.05) is 6.92 Å². The number of hydrogen-bond donors (Lipinski definition) is 2. The van der Waals surface area contributed by atoms with Crippen molar-refractivity contribution in [3.8, 4) is 0 Å². The Morgan fingerprint density at radius 3 is 2.75 bits per heavy atom. The number of carbonyl (C=O) groups is 1. The van der Waals surface area contributed by atoms with Crippen molar-refractivity contribution in [2.24, 2.45) is 0 Å². The van der Waals surface area contributed by atoms with Crippen LogP contribution in [-0.4, -0.2) is 39.7 Å². The monoisotopic (exact) mass is 322 g/mol. The van der Waals surface area contributed by atoms with Crippen LogP contribution < -0.4 is 10.6 Å². The molecule has 0 bridgehead atoms. The highest BCUT2D eigenvalue weighted by molar-refractivity contribution is 7.85. The number of hydrogen-bond acceptors (Lipinski definition) is 3. The van der Waals surface area contributed by atoms with E-state index in [-0.39, 0.29) is 29.6 Å². The van der Waals surface area contributed by atoms with E-state index in [9.17, 15) is 9.00 Å². The average Bonchev–Trinajstić information content (AvgIpc) is 2.90. The van der Waals surface area contributed by atoms with Crippen LogP contribution in [0.25, 0.3) is 0 Å². The van der Waals surface area contributed by atoms with Gasteiger partial charge in [-0.2, -0.15) is 0 Å². The van der Waals surface area contributed by atoms with E-state index >= 15 is 0 Å². The Morgan fingerprint density at radius 2 is 2.10 bits per heavy atom. The largest absolute Gasteiger partial charge is 0.353 e. The smallest absolute Gasteiger partial charge is 0.221 e. The fraction of sp³-hybridized carbons (Fsp3) is 0.929. The molecule has 118 valence electrons. The summed E-state index contributed by atoms with van der Waals surface area (Å²) in [6.45, 7) is 3.02. The minimum absolute atomic E-state index is 0. The first-order chi connectivity index (χ1) is 9.19. The summed E-state index contributed by atoms with van der Waals surface area (Å²) in [5.74, 6) is 0.893. The summed E-state index contributed by atoms with van der Waals surface area (Å²) in [6, 6.07) is 0.604. The standard InChI is InChI=1S/C14H26N2O2S.ClH/c1-2-19(18)13-7-3-5-12(9-13)16-14(17)10-11-6-4-8-15-11;/h11-13,15H,2-10H2,1H3,(H,16,17);1H. The maximum absolute atomic E-state index is 12.0. The maximum atomic E-state index is 12.0. The summed E-state index contributed by atoms with van der Waals surface area (Å²) >= 11 is 0. The van der Waals surface area contributed by atoms with Crippen LogP contribution in [0.5, 0.6) is 0 Å². The lowest BCUT2D eigenvalue weighted by atomic mass is 9.94. The molecule has 2 aliphatic rings. The molecule has 0 aromatic rings. The Bertz CT molecular complexity index is 335. The molecule has 1 saturated carbocycles. The van der Waals surface area contributed by atoms with Gasteiger partial charge in [0, 0.05) is 40.3 Å². The highest BCUT2D eigenvalue weighted by Gasteiger charge is 2.27. The summed E-state index contributed by atoms with van der Waals surface area (Å²) in [7, 11) is -0.717. The molecule has 1 aliphatic carbocycles. The van der Waals surface area contributed by atoms with Crippen molar-refractivity contribution in [2.75, 3.05) is 12.3 Å². The predicted molar refractivity (Wildman–Crippen MR) is 85.8 cm³/mol. The molecule has 4 unspecified atom stereocenters. The second kappa shape index (κ2) is 9.00. The van der Waals surface area contributed by atoms with Crippen LogP contribution in [0.1, 0.15) is 51.9 Å². The second-order valence-electron chi connectivity index (χ2n) is 5.72. The minimum atomic E-state index is -0.717. The summed E-state index contributed by atoms with van der Waals surface area (Å²) in [4.78, 5) is 12.0. The van der Waals surface area contributed by atoms with Crippen LogP contribution in [0.15, 0.2) is 0 Å². The molecule has 1 saturated heterocycles. The van der Waals surface area contributed by atoms with Crippen LogP contribution in [-0.2, 0) is 15.6 Å². The molecule has 0 radical (unpaired) electrons. The molecule has 2 rings (SSSR count). The second-order valence-corrected chi connectivity index (χ2v) is 7.73. The maximum Gasteiger partial charge on any atom is 0.221 e. The number of rotatable bonds is 5. The molecular weight excluding hydrogens is 296 g/mol. The summed E-state index contributed by atoms with van der Waals surface area (Å²) in [6.07, 6.45) is 6.96. The van der Waals surface area contributed by atoms with Gasteiger partial charge in [-0.3, -0.25) is 9.00 Å². The van der Waals surface area contributed by atoms with E-state index in [1.54, 1.807) is 0 Å². The van der Waals surface area contributed by atoms with Crippen molar-refractivity contribution in [3.63, 3.8) is 0 Å². The Balaban J connectivity index is 0.00000200. The molecule has 2 fully saturated rings. The van der Waals surface area contributed by atoms with Crippen molar-refractivity contribution in [3.05, 3.63) is 0 Å². The lowest BCUT2D eigenvalue weighted by Gasteiger charge is -2.29. The van der Waals surface area contributed by atoms with Gasteiger partial charge in [0.2, 0.25) is 5.91 Å². The third-order valence-electron chi connectivity index (χ3n) is 4.24. The average molecular weight is 323 g/mol. The zero-order chi connectivity index (χ0) is 13.7. The number of halogens is 1. The normalized spacial score (nSPS) is 31.4. The van der Waals surface area contributed by atoms with Gasteiger partial charge in [-0.1, -0.05) is 13.3 Å². The first-order valence-corrected chi connectivity index (χ1v) is 8.97. The zero-order valence-electron chi connectivity index (χ0n) is 12.2. The zero-order valence-corrected chi connectivity index (χ0v) is 13.9. The van der Waals surface area contributed by atoms with Crippen molar-refractivity contribution >= 4 is 29.1 Å². The first kappa shape index (κ1) is 17.9. The lowest BCUT2D eigenvalue weighted by Crippen LogP contribution is -2.42. The van der Waals surface area contributed by atoms with Crippen LogP contribution in [0.2, 0.25) is 0 Å². The summed E-state index contributed by atoms with van der Waals surface area (Å²) < 4.78 is 11.9. The topological polar surface area (TPSA) is 58.2 Å². The van der Waals surface area contributed by atoms with Crippen molar-refractivity contribution in [1.29, 1.82) is 0 Å². The van der Waals surface area contributed by atoms with Gasteiger partial charge in [0.05, 0.1) is 0 Å². The summed E-state index contributed by atoms with van der Waals surface area (Å²) in [5, 5.41) is 6.78. The van der Waals surface area contributed by atoms with E-state index in [1.165, 1.54) is 6.42 Å². The van der Waals surface area contributed by atoms with Gasteiger partial charge in [0.15, 0.2) is 0 Å². The van der Waals surface area contributed by atoms with Crippen LogP contribution in [0.4, 0.5) is 0 Å². The number of carbonyl (C=O) groups excluding carboxylic acids is 1. The van der Waals surface area contributed by atoms with Gasteiger partial charge in [-0.25, -0.2) is 0 Å². The van der Waals surface area contributed by atoms with E-state index in [0.29, 0.717) is 12.5 Å². The van der Waals surface area contributed by atoms with Gasteiger partial charge < -0.3 is 10.6 Å². The molecule has 4 atom stereocenters. The quantitative estimate of drug-likeness (QED) is 0.810. The molecule has 1 aliphatic heterocycles. The Labute approximate surface area is 130 Å².